The summed E-state index contributed by atoms with van der Waals surface area (Å²) in [5.74, 6) is 0.799. The first kappa shape index (κ1) is 22.1. The maximum atomic E-state index is 13.3. The summed E-state index contributed by atoms with van der Waals surface area (Å²) >= 11 is 0. The van der Waals surface area contributed by atoms with Crippen molar-refractivity contribution in [1.29, 1.82) is 0 Å². The molecule has 0 saturated carbocycles. The molecule has 0 amide bonds. The van der Waals surface area contributed by atoms with Crippen molar-refractivity contribution in [3.05, 3.63) is 39.4 Å². The molecule has 1 aromatic heterocycles. The summed E-state index contributed by atoms with van der Waals surface area (Å²) in [6.45, 7) is 13.3. The lowest BCUT2D eigenvalue weighted by Gasteiger charge is -2.34. The average molecular weight is 420 g/mol. The van der Waals surface area contributed by atoms with Crippen molar-refractivity contribution in [3.63, 3.8) is 0 Å². The van der Waals surface area contributed by atoms with Crippen molar-refractivity contribution >= 4 is 21.9 Å². The summed E-state index contributed by atoms with van der Waals surface area (Å²) in [7, 11) is 0.586. The van der Waals surface area contributed by atoms with Crippen molar-refractivity contribution in [3.8, 4) is 0 Å². The van der Waals surface area contributed by atoms with Gasteiger partial charge in [-0.25, -0.2) is 13.9 Å². The van der Waals surface area contributed by atoms with E-state index in [4.69, 9.17) is 9.72 Å². The highest BCUT2D eigenvalue weighted by molar-refractivity contribution is 7.84. The molecule has 160 valence electrons. The molecule has 1 aliphatic heterocycles. The van der Waals surface area contributed by atoms with Crippen molar-refractivity contribution < 1.29 is 8.95 Å². The van der Waals surface area contributed by atoms with Gasteiger partial charge in [0.2, 0.25) is 0 Å². The lowest BCUT2D eigenvalue weighted by atomic mass is 9.81. The maximum absolute atomic E-state index is 13.3. The standard InChI is InChI=1S/C22H33N3O3S/c1-14-12-16(15(2)24-29(27)21(3,4)5)18-17(13-14)19(26)25(7)20(23-18)22(6)8-10-28-11-9-22/h12-13,15,24H,8-11H2,1-7H3/t15-,29-/m1/s1. The number of aromatic nitrogens is 2. The minimum absolute atomic E-state index is 0.0354. The number of ether oxygens (including phenoxy) is 1. The lowest BCUT2D eigenvalue weighted by molar-refractivity contribution is 0.0523. The van der Waals surface area contributed by atoms with Crippen LogP contribution in [0, 0.1) is 6.92 Å². The van der Waals surface area contributed by atoms with Crippen molar-refractivity contribution in [1.82, 2.24) is 14.3 Å². The van der Waals surface area contributed by atoms with Crippen LogP contribution in [-0.4, -0.2) is 31.7 Å². The van der Waals surface area contributed by atoms with Crippen LogP contribution in [0.1, 0.15) is 70.5 Å². The van der Waals surface area contributed by atoms with Gasteiger partial charge in [-0.2, -0.15) is 0 Å². The van der Waals surface area contributed by atoms with Gasteiger partial charge < -0.3 is 4.74 Å². The number of nitrogens with one attached hydrogen (secondary N) is 1. The Balaban J connectivity index is 2.18. The molecule has 0 bridgehead atoms. The first-order valence-electron chi connectivity index (χ1n) is 10.2. The first-order valence-corrected chi connectivity index (χ1v) is 11.4. The molecular weight excluding hydrogens is 386 g/mol. The zero-order valence-electron chi connectivity index (χ0n) is 18.6. The van der Waals surface area contributed by atoms with Gasteiger partial charge in [0.15, 0.2) is 0 Å². The fraction of sp³-hybridized carbons (Fsp3) is 0.636. The molecule has 2 aromatic rings. The van der Waals surface area contributed by atoms with Gasteiger partial charge in [0.1, 0.15) is 5.82 Å². The minimum atomic E-state index is -1.22. The summed E-state index contributed by atoms with van der Waals surface area (Å²) < 4.78 is 22.7. The van der Waals surface area contributed by atoms with Crippen molar-refractivity contribution in [2.24, 2.45) is 7.05 Å². The second-order valence-corrected chi connectivity index (χ2v) is 11.4. The summed E-state index contributed by atoms with van der Waals surface area (Å²) in [5, 5.41) is 0.608. The molecular formula is C22H33N3O3S. The van der Waals surface area contributed by atoms with Crippen LogP contribution in [0.3, 0.4) is 0 Å². The topological polar surface area (TPSA) is 73.2 Å². The van der Waals surface area contributed by atoms with E-state index in [0.717, 1.165) is 29.8 Å². The Bertz CT molecular complexity index is 1000. The number of nitrogens with zero attached hydrogens (tertiary/aromatic N) is 2. The van der Waals surface area contributed by atoms with Crippen LogP contribution in [0.15, 0.2) is 16.9 Å². The molecule has 0 radical (unpaired) electrons. The Morgan fingerprint density at radius 3 is 2.48 bits per heavy atom. The quantitative estimate of drug-likeness (QED) is 0.824. The Morgan fingerprint density at radius 1 is 1.28 bits per heavy atom. The molecule has 2 atom stereocenters. The van der Waals surface area contributed by atoms with Crippen LogP contribution in [0.5, 0.6) is 0 Å². The van der Waals surface area contributed by atoms with Gasteiger partial charge in [0.05, 0.1) is 26.6 Å². The number of hydrogen-bond acceptors (Lipinski definition) is 4. The van der Waals surface area contributed by atoms with Crippen LogP contribution in [0.4, 0.5) is 0 Å². The minimum Gasteiger partial charge on any atom is -0.381 e. The van der Waals surface area contributed by atoms with Crippen LogP contribution in [-0.2, 0) is 28.2 Å². The van der Waals surface area contributed by atoms with Gasteiger partial charge in [-0.05, 0) is 64.7 Å². The van der Waals surface area contributed by atoms with E-state index < -0.39 is 11.0 Å². The van der Waals surface area contributed by atoms with E-state index in [1.54, 1.807) is 4.57 Å². The van der Waals surface area contributed by atoms with E-state index in [2.05, 4.69) is 11.6 Å². The summed E-state index contributed by atoms with van der Waals surface area (Å²) in [6.07, 6.45) is 1.67. The maximum Gasteiger partial charge on any atom is 0.261 e. The molecule has 1 saturated heterocycles. The number of fused-ring (bicyclic) bond motifs is 1. The highest BCUT2D eigenvalue weighted by Gasteiger charge is 2.34. The number of hydrogen-bond donors (Lipinski definition) is 1. The Kier molecular flexibility index (Phi) is 6.05. The molecule has 1 fully saturated rings. The van der Waals surface area contributed by atoms with Gasteiger partial charge in [0, 0.05) is 31.7 Å². The zero-order valence-corrected chi connectivity index (χ0v) is 19.4. The predicted molar refractivity (Wildman–Crippen MR) is 119 cm³/mol. The number of rotatable bonds is 4. The van der Waals surface area contributed by atoms with Gasteiger partial charge in [0.25, 0.3) is 5.56 Å². The molecule has 0 unspecified atom stereocenters. The van der Waals surface area contributed by atoms with E-state index in [9.17, 15) is 9.00 Å². The van der Waals surface area contributed by atoms with Crippen LogP contribution in [0.2, 0.25) is 0 Å². The number of benzene rings is 1. The molecule has 29 heavy (non-hydrogen) atoms. The monoisotopic (exact) mass is 419 g/mol. The predicted octanol–water partition coefficient (Wildman–Crippen LogP) is 3.42. The van der Waals surface area contributed by atoms with Crippen molar-refractivity contribution in [2.75, 3.05) is 13.2 Å². The first-order chi connectivity index (χ1) is 13.4. The second kappa shape index (κ2) is 7.93. The second-order valence-electron chi connectivity index (χ2n) is 9.44. The molecule has 1 aliphatic rings. The third-order valence-electron chi connectivity index (χ3n) is 5.80. The molecule has 3 rings (SSSR count). The molecule has 2 heterocycles. The summed E-state index contributed by atoms with van der Waals surface area (Å²) in [5.41, 5.74) is 2.37. The molecule has 0 aliphatic carbocycles. The highest BCUT2D eigenvalue weighted by atomic mass is 32.2. The fourth-order valence-electron chi connectivity index (χ4n) is 3.87. The third kappa shape index (κ3) is 4.32. The fourth-order valence-corrected chi connectivity index (χ4v) is 4.67. The molecule has 1 aromatic carbocycles. The van der Waals surface area contributed by atoms with E-state index in [1.165, 1.54) is 0 Å². The van der Waals surface area contributed by atoms with Crippen molar-refractivity contribution in [2.45, 2.75) is 70.6 Å². The zero-order chi connectivity index (χ0) is 21.6. The molecule has 6 nitrogen and oxygen atoms in total. The normalized spacial score (nSPS) is 19.3. The van der Waals surface area contributed by atoms with E-state index in [1.807, 2.05) is 53.8 Å². The molecule has 7 heteroatoms. The largest absolute Gasteiger partial charge is 0.381 e. The Hall–Kier alpha value is -1.57. The summed E-state index contributed by atoms with van der Waals surface area (Å²) in [4.78, 5) is 18.3. The molecule has 1 N–H and O–H groups in total. The number of aryl methyl sites for hydroxylation is 1. The SMILES string of the molecule is Cc1cc([C@@H](C)N[S@](=O)C(C)(C)C)c2nc(C3(C)CCOCC3)n(C)c(=O)c2c1. The van der Waals surface area contributed by atoms with E-state index in [-0.39, 0.29) is 21.8 Å². The van der Waals surface area contributed by atoms with E-state index >= 15 is 0 Å². The van der Waals surface area contributed by atoms with Gasteiger partial charge in [-0.1, -0.05) is 13.0 Å². The average Bonchev–Trinajstić information content (AvgIpc) is 2.64. The van der Waals surface area contributed by atoms with Crippen LogP contribution in [0.25, 0.3) is 10.9 Å². The third-order valence-corrected chi connectivity index (χ3v) is 7.48. The van der Waals surface area contributed by atoms with Gasteiger partial charge in [-0.3, -0.25) is 9.36 Å². The Morgan fingerprint density at radius 2 is 1.90 bits per heavy atom. The van der Waals surface area contributed by atoms with Gasteiger partial charge >= 0.3 is 0 Å². The van der Waals surface area contributed by atoms with Gasteiger partial charge in [-0.15, -0.1) is 0 Å². The Labute approximate surface area is 175 Å². The summed E-state index contributed by atoms with van der Waals surface area (Å²) in [6, 6.07) is 3.74. The lowest BCUT2D eigenvalue weighted by Crippen LogP contribution is -2.38. The molecule has 0 spiro atoms. The smallest absolute Gasteiger partial charge is 0.261 e. The van der Waals surface area contributed by atoms with Crippen LogP contribution < -0.4 is 10.3 Å². The van der Waals surface area contributed by atoms with E-state index in [0.29, 0.717) is 24.1 Å². The highest BCUT2D eigenvalue weighted by Crippen LogP contribution is 2.34. The van der Waals surface area contributed by atoms with Crippen LogP contribution >= 0.6 is 0 Å².